The highest BCUT2D eigenvalue weighted by Crippen LogP contribution is 2.16. The minimum absolute atomic E-state index is 0.0808. The van der Waals surface area contributed by atoms with Gasteiger partial charge in [-0.25, -0.2) is 0 Å². The maximum atomic E-state index is 9.03. The van der Waals surface area contributed by atoms with Crippen molar-refractivity contribution in [2.75, 3.05) is 13.2 Å². The normalized spacial score (nSPS) is 15.7. The molecule has 88 valence electrons. The van der Waals surface area contributed by atoms with Gasteiger partial charge in [-0.15, -0.1) is 0 Å². The predicted octanol–water partition coefficient (Wildman–Crippen LogP) is 2.47. The molecule has 3 heteroatoms. The molecule has 0 rings (SSSR count). The van der Waals surface area contributed by atoms with E-state index in [4.69, 9.17) is 10.00 Å². The molecule has 0 aromatic carbocycles. The van der Waals surface area contributed by atoms with Gasteiger partial charge in [-0.1, -0.05) is 13.8 Å². The lowest BCUT2D eigenvalue weighted by atomic mass is 10.00. The topological polar surface area (TPSA) is 45.0 Å². The fraction of sp³-hybridized carbons (Fsp3) is 0.917. The van der Waals surface area contributed by atoms with E-state index in [1.54, 1.807) is 0 Å². The first-order valence-corrected chi connectivity index (χ1v) is 5.69. The van der Waals surface area contributed by atoms with Crippen LogP contribution < -0.4 is 5.32 Å². The van der Waals surface area contributed by atoms with Gasteiger partial charge in [0.1, 0.15) is 5.54 Å². The van der Waals surface area contributed by atoms with E-state index < -0.39 is 5.54 Å². The molecule has 1 atom stereocenters. The molecule has 0 aliphatic heterocycles. The van der Waals surface area contributed by atoms with Crippen LogP contribution in [0.5, 0.6) is 0 Å². The molecule has 0 aliphatic rings. The van der Waals surface area contributed by atoms with E-state index in [0.717, 1.165) is 19.4 Å². The standard InChI is InChI=1S/C12H24N2O/c1-6-11(3,4)15-9-8-12(5,10-13)14-7-2/h14H,6-9H2,1-5H3. The van der Waals surface area contributed by atoms with Crippen molar-refractivity contribution in [1.82, 2.24) is 5.32 Å². The summed E-state index contributed by atoms with van der Waals surface area (Å²) in [7, 11) is 0. The maximum Gasteiger partial charge on any atom is 0.106 e. The number of rotatable bonds is 7. The minimum atomic E-state index is -0.460. The Morgan fingerprint density at radius 2 is 1.87 bits per heavy atom. The summed E-state index contributed by atoms with van der Waals surface area (Å²) in [4.78, 5) is 0. The fourth-order valence-corrected chi connectivity index (χ4v) is 1.21. The van der Waals surface area contributed by atoms with E-state index in [1.165, 1.54) is 0 Å². The molecule has 3 nitrogen and oxygen atoms in total. The van der Waals surface area contributed by atoms with E-state index in [-0.39, 0.29) is 5.60 Å². The second kappa shape index (κ2) is 6.09. The highest BCUT2D eigenvalue weighted by atomic mass is 16.5. The molecule has 0 saturated carbocycles. The molecule has 0 fully saturated rings. The lowest BCUT2D eigenvalue weighted by molar-refractivity contribution is -0.0258. The first kappa shape index (κ1) is 14.4. The molecule has 0 bridgehead atoms. The van der Waals surface area contributed by atoms with E-state index in [0.29, 0.717) is 6.61 Å². The summed E-state index contributed by atoms with van der Waals surface area (Å²) in [6.45, 7) is 11.6. The smallest absolute Gasteiger partial charge is 0.106 e. The van der Waals surface area contributed by atoms with E-state index >= 15 is 0 Å². The molecule has 1 N–H and O–H groups in total. The van der Waals surface area contributed by atoms with Crippen molar-refractivity contribution >= 4 is 0 Å². The summed E-state index contributed by atoms with van der Waals surface area (Å²) < 4.78 is 5.73. The third-order valence-corrected chi connectivity index (χ3v) is 2.76. The van der Waals surface area contributed by atoms with Gasteiger partial charge in [-0.3, -0.25) is 5.32 Å². The molecule has 1 unspecified atom stereocenters. The van der Waals surface area contributed by atoms with Crippen LogP contribution in [0.4, 0.5) is 0 Å². The van der Waals surface area contributed by atoms with Gasteiger partial charge in [0, 0.05) is 6.42 Å². The van der Waals surface area contributed by atoms with Crippen molar-refractivity contribution < 1.29 is 4.74 Å². The highest BCUT2D eigenvalue weighted by molar-refractivity contribution is 5.03. The molecule has 0 aliphatic carbocycles. The molecular formula is C12H24N2O. The van der Waals surface area contributed by atoms with Crippen LogP contribution in [0.3, 0.4) is 0 Å². The Labute approximate surface area is 93.8 Å². The van der Waals surface area contributed by atoms with Crippen LogP contribution in [-0.4, -0.2) is 24.3 Å². The lowest BCUT2D eigenvalue weighted by Gasteiger charge is -2.27. The van der Waals surface area contributed by atoms with Gasteiger partial charge >= 0.3 is 0 Å². The van der Waals surface area contributed by atoms with Crippen molar-refractivity contribution in [3.8, 4) is 6.07 Å². The number of hydrogen-bond acceptors (Lipinski definition) is 3. The molecule has 0 aromatic heterocycles. The van der Waals surface area contributed by atoms with E-state index in [1.807, 2.05) is 13.8 Å². The monoisotopic (exact) mass is 212 g/mol. The molecule has 0 saturated heterocycles. The minimum Gasteiger partial charge on any atom is -0.375 e. The van der Waals surface area contributed by atoms with Crippen LogP contribution in [0.15, 0.2) is 0 Å². The van der Waals surface area contributed by atoms with Crippen LogP contribution in [0.2, 0.25) is 0 Å². The van der Waals surface area contributed by atoms with Crippen molar-refractivity contribution in [2.24, 2.45) is 0 Å². The summed E-state index contributed by atoms with van der Waals surface area (Å²) in [5.74, 6) is 0. The molecule has 0 spiro atoms. The number of nitriles is 1. The molecular weight excluding hydrogens is 188 g/mol. The first-order chi connectivity index (χ1) is 6.89. The second-order valence-electron chi connectivity index (χ2n) is 4.69. The zero-order valence-electron chi connectivity index (χ0n) is 10.7. The van der Waals surface area contributed by atoms with Crippen molar-refractivity contribution in [2.45, 2.75) is 58.6 Å². The average molecular weight is 212 g/mol. The van der Waals surface area contributed by atoms with Crippen molar-refractivity contribution in [1.29, 1.82) is 5.26 Å². The Morgan fingerprint density at radius 1 is 1.27 bits per heavy atom. The van der Waals surface area contributed by atoms with Crippen LogP contribution in [0.25, 0.3) is 0 Å². The lowest BCUT2D eigenvalue weighted by Crippen LogP contribution is -2.42. The average Bonchev–Trinajstić information content (AvgIpc) is 2.18. The van der Waals surface area contributed by atoms with Gasteiger partial charge in [0.15, 0.2) is 0 Å². The zero-order valence-corrected chi connectivity index (χ0v) is 10.7. The van der Waals surface area contributed by atoms with Crippen LogP contribution in [0.1, 0.15) is 47.5 Å². The SMILES string of the molecule is CCNC(C)(C#N)CCOC(C)(C)CC. The largest absolute Gasteiger partial charge is 0.375 e. The quantitative estimate of drug-likeness (QED) is 0.705. The number of nitrogens with zero attached hydrogens (tertiary/aromatic N) is 1. The first-order valence-electron chi connectivity index (χ1n) is 5.69. The summed E-state index contributed by atoms with van der Waals surface area (Å²) in [5.41, 5.74) is -0.541. The highest BCUT2D eigenvalue weighted by Gasteiger charge is 2.23. The number of ether oxygens (including phenoxy) is 1. The van der Waals surface area contributed by atoms with Crippen molar-refractivity contribution in [3.05, 3.63) is 0 Å². The third kappa shape index (κ3) is 5.76. The number of hydrogen-bond donors (Lipinski definition) is 1. The summed E-state index contributed by atoms with van der Waals surface area (Å²) in [6, 6.07) is 2.29. The van der Waals surface area contributed by atoms with Gasteiger partial charge in [-0.2, -0.15) is 5.26 Å². The Bertz CT molecular complexity index is 220. The maximum absolute atomic E-state index is 9.03. The van der Waals surface area contributed by atoms with Gasteiger partial charge < -0.3 is 4.74 Å². The van der Waals surface area contributed by atoms with Crippen molar-refractivity contribution in [3.63, 3.8) is 0 Å². The van der Waals surface area contributed by atoms with E-state index in [9.17, 15) is 0 Å². The molecule has 15 heavy (non-hydrogen) atoms. The van der Waals surface area contributed by atoms with Crippen LogP contribution in [0, 0.1) is 11.3 Å². The Kier molecular flexibility index (Phi) is 5.85. The molecule has 0 aromatic rings. The molecule has 0 radical (unpaired) electrons. The summed E-state index contributed by atoms with van der Waals surface area (Å²) >= 11 is 0. The summed E-state index contributed by atoms with van der Waals surface area (Å²) in [5, 5.41) is 12.2. The third-order valence-electron chi connectivity index (χ3n) is 2.76. The van der Waals surface area contributed by atoms with Crippen LogP contribution >= 0.6 is 0 Å². The zero-order chi connectivity index (χ0) is 11.9. The molecule has 0 amide bonds. The molecule has 0 heterocycles. The predicted molar refractivity (Wildman–Crippen MR) is 62.6 cm³/mol. The van der Waals surface area contributed by atoms with E-state index in [2.05, 4.69) is 32.2 Å². The van der Waals surface area contributed by atoms with Gasteiger partial charge in [0.2, 0.25) is 0 Å². The van der Waals surface area contributed by atoms with Gasteiger partial charge in [0.05, 0.1) is 18.3 Å². The van der Waals surface area contributed by atoms with Crippen LogP contribution in [-0.2, 0) is 4.74 Å². The summed E-state index contributed by atoms with van der Waals surface area (Å²) in [6.07, 6.45) is 1.71. The Hall–Kier alpha value is -0.590. The number of nitrogens with one attached hydrogen (secondary N) is 1. The Balaban J connectivity index is 3.99. The van der Waals surface area contributed by atoms with Gasteiger partial charge in [-0.05, 0) is 33.7 Å². The Morgan fingerprint density at radius 3 is 2.27 bits per heavy atom. The fourth-order valence-electron chi connectivity index (χ4n) is 1.21. The van der Waals surface area contributed by atoms with Gasteiger partial charge in [0.25, 0.3) is 0 Å². The second-order valence-corrected chi connectivity index (χ2v) is 4.69.